The average Bonchev–Trinajstić information content (AvgIpc) is 2.44. The third-order valence-corrected chi connectivity index (χ3v) is 5.33. The van der Waals surface area contributed by atoms with Gasteiger partial charge in [-0.3, -0.25) is 0 Å². The van der Waals surface area contributed by atoms with Gasteiger partial charge in [-0.1, -0.05) is 11.6 Å². The summed E-state index contributed by atoms with van der Waals surface area (Å²) in [6.45, 7) is 1.68. The van der Waals surface area contributed by atoms with Crippen molar-refractivity contribution < 1.29 is 13.2 Å². The van der Waals surface area contributed by atoms with E-state index in [1.807, 2.05) is 6.07 Å². The SMILES string of the molecule is CS(=O)(=O)CC1(CNc2ccc(C#N)c(Cl)c2)CCOCC1. The van der Waals surface area contributed by atoms with E-state index in [1.165, 1.54) is 6.26 Å². The molecule has 7 heteroatoms. The molecule has 0 atom stereocenters. The minimum Gasteiger partial charge on any atom is -0.384 e. The van der Waals surface area contributed by atoms with E-state index < -0.39 is 9.84 Å². The molecule has 2 rings (SSSR count). The molecule has 0 amide bonds. The molecule has 0 spiro atoms. The largest absolute Gasteiger partial charge is 0.384 e. The molecule has 1 aliphatic rings. The lowest BCUT2D eigenvalue weighted by atomic mass is 9.82. The summed E-state index contributed by atoms with van der Waals surface area (Å²) in [5.41, 5.74) is 0.874. The van der Waals surface area contributed by atoms with Crippen molar-refractivity contribution >= 4 is 27.1 Å². The summed E-state index contributed by atoms with van der Waals surface area (Å²) in [5.74, 6) is 0.139. The molecule has 22 heavy (non-hydrogen) atoms. The fourth-order valence-corrected chi connectivity index (χ4v) is 4.46. The van der Waals surface area contributed by atoms with Crippen LogP contribution in [0.2, 0.25) is 5.02 Å². The van der Waals surface area contributed by atoms with Crippen LogP contribution in [0.4, 0.5) is 5.69 Å². The maximum atomic E-state index is 11.7. The standard InChI is InChI=1S/C15H19ClN2O3S/c1-22(19,20)11-15(4-6-21-7-5-15)10-18-13-3-2-12(9-17)14(16)8-13/h2-3,8,18H,4-7,10-11H2,1H3. The van der Waals surface area contributed by atoms with Gasteiger partial charge in [0.1, 0.15) is 15.9 Å². The van der Waals surface area contributed by atoms with Crippen LogP contribution in [-0.2, 0) is 14.6 Å². The Hall–Kier alpha value is -1.29. The fourth-order valence-electron chi connectivity index (χ4n) is 2.74. The van der Waals surface area contributed by atoms with Crippen molar-refractivity contribution in [2.45, 2.75) is 12.8 Å². The number of nitrogens with zero attached hydrogens (tertiary/aromatic N) is 1. The number of nitriles is 1. The zero-order chi connectivity index (χ0) is 16.2. The van der Waals surface area contributed by atoms with Crippen LogP contribution in [-0.4, -0.2) is 40.2 Å². The van der Waals surface area contributed by atoms with E-state index in [2.05, 4.69) is 5.32 Å². The third-order valence-electron chi connectivity index (χ3n) is 3.88. The van der Waals surface area contributed by atoms with Gasteiger partial charge in [0.2, 0.25) is 0 Å². The van der Waals surface area contributed by atoms with Crippen LogP contribution in [0.15, 0.2) is 18.2 Å². The summed E-state index contributed by atoms with van der Waals surface area (Å²) in [4.78, 5) is 0. The van der Waals surface area contributed by atoms with E-state index >= 15 is 0 Å². The Morgan fingerprint density at radius 1 is 1.41 bits per heavy atom. The van der Waals surface area contributed by atoms with Crippen molar-refractivity contribution in [1.82, 2.24) is 0 Å². The molecule has 0 radical (unpaired) electrons. The van der Waals surface area contributed by atoms with Crippen molar-refractivity contribution in [3.05, 3.63) is 28.8 Å². The van der Waals surface area contributed by atoms with Crippen molar-refractivity contribution in [2.75, 3.05) is 37.1 Å². The van der Waals surface area contributed by atoms with Gasteiger partial charge in [-0.15, -0.1) is 0 Å². The highest BCUT2D eigenvalue weighted by Crippen LogP contribution is 2.33. The molecule has 1 saturated heterocycles. The lowest BCUT2D eigenvalue weighted by Crippen LogP contribution is -2.41. The van der Waals surface area contributed by atoms with E-state index in [9.17, 15) is 8.42 Å². The quantitative estimate of drug-likeness (QED) is 0.889. The smallest absolute Gasteiger partial charge is 0.148 e. The Morgan fingerprint density at radius 3 is 2.64 bits per heavy atom. The first-order chi connectivity index (χ1) is 10.3. The molecular weight excluding hydrogens is 324 g/mol. The van der Waals surface area contributed by atoms with Gasteiger partial charge in [-0.2, -0.15) is 5.26 Å². The zero-order valence-electron chi connectivity index (χ0n) is 12.4. The molecule has 120 valence electrons. The van der Waals surface area contributed by atoms with Gasteiger partial charge in [0, 0.05) is 37.1 Å². The molecule has 1 aromatic rings. The average molecular weight is 343 g/mol. The Morgan fingerprint density at radius 2 is 2.09 bits per heavy atom. The van der Waals surface area contributed by atoms with Crippen LogP contribution >= 0.6 is 11.6 Å². The van der Waals surface area contributed by atoms with Gasteiger partial charge in [0.15, 0.2) is 0 Å². The highest BCUT2D eigenvalue weighted by molar-refractivity contribution is 7.90. The second-order valence-electron chi connectivity index (χ2n) is 5.84. The van der Waals surface area contributed by atoms with Crippen LogP contribution in [0.3, 0.4) is 0 Å². The predicted molar refractivity (Wildman–Crippen MR) is 86.9 cm³/mol. The van der Waals surface area contributed by atoms with Gasteiger partial charge in [-0.05, 0) is 31.0 Å². The second-order valence-corrected chi connectivity index (χ2v) is 8.39. The number of anilines is 1. The number of nitrogens with one attached hydrogen (secondary N) is 1. The van der Waals surface area contributed by atoms with Gasteiger partial charge in [0.05, 0.1) is 16.3 Å². The molecule has 0 saturated carbocycles. The van der Waals surface area contributed by atoms with Gasteiger partial charge >= 0.3 is 0 Å². The number of rotatable bonds is 5. The number of hydrogen-bond acceptors (Lipinski definition) is 5. The van der Waals surface area contributed by atoms with Crippen LogP contribution < -0.4 is 5.32 Å². The summed E-state index contributed by atoms with van der Waals surface area (Å²) in [6, 6.07) is 7.13. The Labute approximate surface area is 136 Å². The summed E-state index contributed by atoms with van der Waals surface area (Å²) in [5, 5.41) is 12.5. The predicted octanol–water partition coefficient (Wildman–Crippen LogP) is 2.46. The van der Waals surface area contributed by atoms with E-state index in [0.717, 1.165) is 5.69 Å². The summed E-state index contributed by atoms with van der Waals surface area (Å²) in [7, 11) is -3.07. The van der Waals surface area contributed by atoms with E-state index in [1.54, 1.807) is 18.2 Å². The van der Waals surface area contributed by atoms with Crippen molar-refractivity contribution in [3.8, 4) is 6.07 Å². The first-order valence-electron chi connectivity index (χ1n) is 7.03. The van der Waals surface area contributed by atoms with Crippen molar-refractivity contribution in [1.29, 1.82) is 5.26 Å². The zero-order valence-corrected chi connectivity index (χ0v) is 14.0. The Bertz CT molecular complexity index is 677. The van der Waals surface area contributed by atoms with E-state index in [4.69, 9.17) is 21.6 Å². The minimum absolute atomic E-state index is 0.139. The molecule has 0 aromatic heterocycles. The molecule has 0 aliphatic carbocycles. The van der Waals surface area contributed by atoms with Gasteiger partial charge in [0.25, 0.3) is 0 Å². The fraction of sp³-hybridized carbons (Fsp3) is 0.533. The Balaban J connectivity index is 2.11. The number of hydrogen-bond donors (Lipinski definition) is 1. The van der Waals surface area contributed by atoms with Crippen molar-refractivity contribution in [3.63, 3.8) is 0 Å². The number of halogens is 1. The lowest BCUT2D eigenvalue weighted by molar-refractivity contribution is 0.0315. The first kappa shape index (κ1) is 17.1. The molecule has 5 nitrogen and oxygen atoms in total. The van der Waals surface area contributed by atoms with Crippen LogP contribution in [0.1, 0.15) is 18.4 Å². The normalized spacial score (nSPS) is 17.7. The van der Waals surface area contributed by atoms with Crippen molar-refractivity contribution in [2.24, 2.45) is 5.41 Å². The second kappa shape index (κ2) is 6.86. The van der Waals surface area contributed by atoms with Gasteiger partial charge < -0.3 is 10.1 Å². The summed E-state index contributed by atoms with van der Waals surface area (Å²) in [6.07, 6.45) is 2.68. The molecule has 1 N–H and O–H groups in total. The number of sulfone groups is 1. The molecule has 0 unspecified atom stereocenters. The van der Waals surface area contributed by atoms with Crippen LogP contribution in [0.25, 0.3) is 0 Å². The maximum absolute atomic E-state index is 11.7. The molecule has 1 aliphatic heterocycles. The highest BCUT2D eigenvalue weighted by atomic mass is 35.5. The van der Waals surface area contributed by atoms with Gasteiger partial charge in [-0.25, -0.2) is 8.42 Å². The van der Waals surface area contributed by atoms with Crippen LogP contribution in [0.5, 0.6) is 0 Å². The molecule has 1 aromatic carbocycles. The topological polar surface area (TPSA) is 79.2 Å². The summed E-state index contributed by atoms with van der Waals surface area (Å²) < 4.78 is 28.8. The third kappa shape index (κ3) is 4.60. The number of benzene rings is 1. The highest BCUT2D eigenvalue weighted by Gasteiger charge is 2.35. The maximum Gasteiger partial charge on any atom is 0.148 e. The van der Waals surface area contributed by atoms with Crippen LogP contribution in [0, 0.1) is 16.7 Å². The lowest BCUT2D eigenvalue weighted by Gasteiger charge is -2.37. The monoisotopic (exact) mass is 342 g/mol. The summed E-state index contributed by atoms with van der Waals surface area (Å²) >= 11 is 6.01. The Kier molecular flexibility index (Phi) is 5.32. The minimum atomic E-state index is -3.07. The molecular formula is C15H19ClN2O3S. The van der Waals surface area contributed by atoms with E-state index in [0.29, 0.717) is 43.2 Å². The first-order valence-corrected chi connectivity index (χ1v) is 9.46. The molecule has 1 heterocycles. The number of ether oxygens (including phenoxy) is 1. The molecule has 0 bridgehead atoms. The molecule has 1 fully saturated rings. The van der Waals surface area contributed by atoms with E-state index in [-0.39, 0.29) is 11.2 Å².